The van der Waals surface area contributed by atoms with Crippen LogP contribution in [0, 0.1) is 0 Å². The molecule has 0 unspecified atom stereocenters. The Balaban J connectivity index is 2.64. The second-order valence-corrected chi connectivity index (χ2v) is 3.72. The highest BCUT2D eigenvalue weighted by Crippen LogP contribution is 2.12. The Kier molecular flexibility index (Phi) is 2.91. The third-order valence-corrected chi connectivity index (χ3v) is 2.63. The number of thiophene rings is 1. The molecule has 1 heterocycles. The van der Waals surface area contributed by atoms with E-state index >= 15 is 0 Å². The summed E-state index contributed by atoms with van der Waals surface area (Å²) in [6.45, 7) is 1.56. The van der Waals surface area contributed by atoms with Crippen LogP contribution in [0.2, 0.25) is 0 Å². The maximum Gasteiger partial charge on any atom is 0.135 e. The maximum atomic E-state index is 10.7. The average Bonchev–Trinajstić information content (AvgIpc) is 2.35. The Bertz CT molecular complexity index is 262. The number of carbonyl (C=O) groups excluding carboxylic acids is 1. The highest BCUT2D eigenvalue weighted by Gasteiger charge is 2.03. The summed E-state index contributed by atoms with van der Waals surface area (Å²) in [6.07, 6.45) is 0.399. The second kappa shape index (κ2) is 3.74. The molecule has 0 amide bonds. The Morgan fingerprint density at radius 1 is 1.73 bits per heavy atom. The smallest absolute Gasteiger partial charge is 0.135 e. The van der Waals surface area contributed by atoms with Crippen molar-refractivity contribution in [2.45, 2.75) is 13.3 Å². The van der Waals surface area contributed by atoms with Crippen LogP contribution in [0.25, 0.3) is 0 Å². The highest BCUT2D eigenvalue weighted by atomic mass is 32.1. The molecule has 3 heteroatoms. The third-order valence-electron chi connectivity index (χ3n) is 1.21. The van der Waals surface area contributed by atoms with Crippen LogP contribution in [-0.4, -0.2) is 10.6 Å². The molecule has 0 bridgehead atoms. The van der Waals surface area contributed by atoms with Crippen molar-refractivity contribution in [3.63, 3.8) is 0 Å². The van der Waals surface area contributed by atoms with Crippen molar-refractivity contribution in [3.8, 4) is 0 Å². The number of Topliss-reactive ketones (excluding diaryl/α,β-unsaturated/α-hetero) is 1. The summed E-state index contributed by atoms with van der Waals surface area (Å²) < 4.78 is 0. The van der Waals surface area contributed by atoms with Crippen LogP contribution in [0.3, 0.4) is 0 Å². The van der Waals surface area contributed by atoms with Crippen molar-refractivity contribution in [2.75, 3.05) is 0 Å². The Morgan fingerprint density at radius 2 is 2.45 bits per heavy atom. The molecule has 0 aromatic carbocycles. The molecule has 0 atom stereocenters. The van der Waals surface area contributed by atoms with Crippen LogP contribution in [0.15, 0.2) is 17.5 Å². The van der Waals surface area contributed by atoms with Gasteiger partial charge < -0.3 is 0 Å². The molecule has 58 valence electrons. The zero-order chi connectivity index (χ0) is 8.27. The summed E-state index contributed by atoms with van der Waals surface area (Å²) >= 11 is 6.62. The minimum atomic E-state index is 0.128. The Labute approximate surface area is 75.1 Å². The molecule has 0 spiro atoms. The topological polar surface area (TPSA) is 17.1 Å². The van der Waals surface area contributed by atoms with Gasteiger partial charge in [-0.15, -0.1) is 11.3 Å². The second-order valence-electron chi connectivity index (χ2n) is 2.28. The fourth-order valence-electron chi connectivity index (χ4n) is 0.750. The van der Waals surface area contributed by atoms with Crippen LogP contribution in [0.1, 0.15) is 18.2 Å². The van der Waals surface area contributed by atoms with E-state index < -0.39 is 0 Å². The van der Waals surface area contributed by atoms with E-state index in [2.05, 4.69) is 0 Å². The fraction of sp³-hybridized carbons (Fsp3) is 0.250. The van der Waals surface area contributed by atoms with Gasteiger partial charge in [0.15, 0.2) is 0 Å². The lowest BCUT2D eigenvalue weighted by atomic mass is 10.2. The molecule has 0 saturated carbocycles. The van der Waals surface area contributed by atoms with E-state index in [9.17, 15) is 4.79 Å². The van der Waals surface area contributed by atoms with Gasteiger partial charge in [0.25, 0.3) is 0 Å². The van der Waals surface area contributed by atoms with Gasteiger partial charge in [0, 0.05) is 16.2 Å². The van der Waals surface area contributed by atoms with Gasteiger partial charge in [-0.1, -0.05) is 18.3 Å². The number of ketones is 1. The van der Waals surface area contributed by atoms with Gasteiger partial charge in [0.05, 0.1) is 0 Å². The summed E-state index contributed by atoms with van der Waals surface area (Å²) in [4.78, 5) is 12.5. The molecule has 0 radical (unpaired) electrons. The SMILES string of the molecule is CC(=O)CC(=S)c1cccs1. The van der Waals surface area contributed by atoms with Gasteiger partial charge in [-0.25, -0.2) is 0 Å². The number of hydrogen-bond acceptors (Lipinski definition) is 3. The lowest BCUT2D eigenvalue weighted by Gasteiger charge is -1.94. The zero-order valence-electron chi connectivity index (χ0n) is 6.16. The van der Waals surface area contributed by atoms with E-state index in [1.807, 2.05) is 17.5 Å². The molecule has 1 aromatic heterocycles. The van der Waals surface area contributed by atoms with Crippen LogP contribution >= 0.6 is 23.6 Å². The largest absolute Gasteiger partial charge is 0.300 e. The van der Waals surface area contributed by atoms with Crippen molar-refractivity contribution in [1.82, 2.24) is 0 Å². The number of carbonyl (C=O) groups is 1. The van der Waals surface area contributed by atoms with Gasteiger partial charge in [0.1, 0.15) is 5.78 Å². The quantitative estimate of drug-likeness (QED) is 0.530. The summed E-state index contributed by atoms with van der Waals surface area (Å²) in [5.41, 5.74) is 0. The van der Waals surface area contributed by atoms with Gasteiger partial charge in [-0.05, 0) is 18.4 Å². The van der Waals surface area contributed by atoms with Crippen LogP contribution in [-0.2, 0) is 4.79 Å². The molecule has 11 heavy (non-hydrogen) atoms. The van der Waals surface area contributed by atoms with Crippen molar-refractivity contribution in [3.05, 3.63) is 22.4 Å². The minimum Gasteiger partial charge on any atom is -0.300 e. The van der Waals surface area contributed by atoms with Crippen molar-refractivity contribution in [2.24, 2.45) is 0 Å². The van der Waals surface area contributed by atoms with E-state index in [0.717, 1.165) is 9.74 Å². The predicted molar refractivity (Wildman–Crippen MR) is 51.3 cm³/mol. The molecule has 0 aliphatic carbocycles. The lowest BCUT2D eigenvalue weighted by Crippen LogP contribution is -2.00. The van der Waals surface area contributed by atoms with E-state index in [-0.39, 0.29) is 5.78 Å². The maximum absolute atomic E-state index is 10.7. The molecule has 0 fully saturated rings. The fourth-order valence-corrected chi connectivity index (χ4v) is 1.83. The standard InChI is InChI=1S/C8H8OS2/c1-6(9)5-7(10)8-3-2-4-11-8/h2-4H,5H2,1H3. The molecular formula is C8H8OS2. The van der Waals surface area contributed by atoms with Gasteiger partial charge in [0.2, 0.25) is 0 Å². The number of hydrogen-bond donors (Lipinski definition) is 0. The van der Waals surface area contributed by atoms with Crippen LogP contribution < -0.4 is 0 Å². The van der Waals surface area contributed by atoms with E-state index in [4.69, 9.17) is 12.2 Å². The van der Waals surface area contributed by atoms with Crippen molar-refractivity contribution in [1.29, 1.82) is 0 Å². The first-order chi connectivity index (χ1) is 5.20. The first-order valence-electron chi connectivity index (χ1n) is 3.26. The van der Waals surface area contributed by atoms with E-state index in [1.165, 1.54) is 0 Å². The first kappa shape index (κ1) is 8.56. The van der Waals surface area contributed by atoms with Gasteiger partial charge >= 0.3 is 0 Å². The Morgan fingerprint density at radius 3 is 2.91 bits per heavy atom. The normalized spacial score (nSPS) is 9.55. The van der Waals surface area contributed by atoms with E-state index in [0.29, 0.717) is 6.42 Å². The molecule has 1 aromatic rings. The van der Waals surface area contributed by atoms with E-state index in [1.54, 1.807) is 18.3 Å². The monoisotopic (exact) mass is 184 g/mol. The van der Waals surface area contributed by atoms with Gasteiger partial charge in [-0.2, -0.15) is 0 Å². The summed E-state index contributed by atoms with van der Waals surface area (Å²) in [7, 11) is 0. The van der Waals surface area contributed by atoms with Gasteiger partial charge in [-0.3, -0.25) is 4.79 Å². The number of thiocarbonyl (C=S) groups is 1. The predicted octanol–water partition coefficient (Wildman–Crippen LogP) is 2.45. The average molecular weight is 184 g/mol. The molecule has 0 saturated heterocycles. The molecule has 1 rings (SSSR count). The summed E-state index contributed by atoms with van der Waals surface area (Å²) in [5.74, 6) is 0.128. The molecule has 1 nitrogen and oxygen atoms in total. The summed E-state index contributed by atoms with van der Waals surface area (Å²) in [5, 5.41) is 1.96. The number of rotatable bonds is 3. The molecule has 0 N–H and O–H groups in total. The molecule has 0 aliphatic heterocycles. The first-order valence-corrected chi connectivity index (χ1v) is 4.55. The third kappa shape index (κ3) is 2.52. The Hall–Kier alpha value is -0.540. The van der Waals surface area contributed by atoms with Crippen molar-refractivity contribution >= 4 is 34.2 Å². The minimum absolute atomic E-state index is 0.128. The van der Waals surface area contributed by atoms with Crippen LogP contribution in [0.4, 0.5) is 0 Å². The van der Waals surface area contributed by atoms with Crippen molar-refractivity contribution < 1.29 is 4.79 Å². The zero-order valence-corrected chi connectivity index (χ0v) is 7.80. The van der Waals surface area contributed by atoms with Crippen LogP contribution in [0.5, 0.6) is 0 Å². The molecular weight excluding hydrogens is 176 g/mol. The molecule has 0 aliphatic rings. The highest BCUT2D eigenvalue weighted by molar-refractivity contribution is 7.81. The lowest BCUT2D eigenvalue weighted by molar-refractivity contribution is -0.115. The summed E-state index contributed by atoms with van der Waals surface area (Å²) in [6, 6.07) is 3.88.